The molecule has 2 fully saturated rings. The molecule has 8 nitrogen and oxygen atoms in total. The number of aromatic nitrogens is 2. The Labute approximate surface area is 221 Å². The number of anilines is 2. The van der Waals surface area contributed by atoms with E-state index in [1.165, 1.54) is 16.7 Å². The molecule has 9 heteroatoms. The van der Waals surface area contributed by atoms with Crippen LogP contribution in [0.15, 0.2) is 41.2 Å². The third-order valence-electron chi connectivity index (χ3n) is 8.09. The zero-order chi connectivity index (χ0) is 26.8. The van der Waals surface area contributed by atoms with Crippen molar-refractivity contribution in [2.75, 3.05) is 36.6 Å². The number of nitrogens with zero attached hydrogens (tertiary/aromatic N) is 6. The van der Waals surface area contributed by atoms with E-state index in [9.17, 15) is 19.7 Å². The number of benzene rings is 1. The van der Waals surface area contributed by atoms with Crippen LogP contribution in [0.5, 0.6) is 0 Å². The van der Waals surface area contributed by atoms with E-state index in [4.69, 9.17) is 4.74 Å². The highest BCUT2D eigenvalue weighted by Gasteiger charge is 2.32. The number of rotatable bonds is 6. The maximum absolute atomic E-state index is 13.7. The second-order valence-electron chi connectivity index (χ2n) is 10.3. The molecule has 1 atom stereocenters. The monoisotopic (exact) mass is 514 g/mol. The molecule has 2 aromatic heterocycles. The molecule has 0 spiro atoms. The standard InChI is InChI=1S/C29H31FN6O2/c1-34(28-25(16-32)29(37)35(2)26-12-5-21(15-31)33-27(26)28)22-8-10-24(11-9-22)36(17-19-13-14-38-18-19)23-6-3-20(30)4-7-23/h3-7,12,19,22,24H,8-11,13-14,17-18H2,1-2H3/t19-,22-,24+/m0/s1. The molecule has 3 aromatic rings. The summed E-state index contributed by atoms with van der Waals surface area (Å²) in [5.74, 6) is 0.205. The van der Waals surface area contributed by atoms with Crippen LogP contribution in [0.1, 0.15) is 43.4 Å². The maximum Gasteiger partial charge on any atom is 0.270 e. The Kier molecular flexibility index (Phi) is 7.31. The lowest BCUT2D eigenvalue weighted by molar-refractivity contribution is 0.185. The summed E-state index contributed by atoms with van der Waals surface area (Å²) in [6.07, 6.45) is 4.59. The largest absolute Gasteiger partial charge is 0.381 e. The number of fused-ring (bicyclic) bond motifs is 1. The second-order valence-corrected chi connectivity index (χ2v) is 10.3. The van der Waals surface area contributed by atoms with Gasteiger partial charge in [0.25, 0.3) is 5.56 Å². The first-order valence-electron chi connectivity index (χ1n) is 13.1. The fourth-order valence-electron chi connectivity index (χ4n) is 5.94. The van der Waals surface area contributed by atoms with E-state index >= 15 is 0 Å². The molecule has 1 aliphatic carbocycles. The van der Waals surface area contributed by atoms with Gasteiger partial charge >= 0.3 is 0 Å². The Morgan fingerprint density at radius 3 is 2.39 bits per heavy atom. The lowest BCUT2D eigenvalue weighted by atomic mass is 9.88. The normalized spacial score (nSPS) is 21.1. The van der Waals surface area contributed by atoms with Crippen LogP contribution >= 0.6 is 0 Å². The fourth-order valence-corrected chi connectivity index (χ4v) is 5.94. The van der Waals surface area contributed by atoms with Crippen LogP contribution in [0.4, 0.5) is 15.8 Å². The van der Waals surface area contributed by atoms with Gasteiger partial charge in [0, 0.05) is 50.9 Å². The van der Waals surface area contributed by atoms with Crippen molar-refractivity contribution in [3.8, 4) is 12.1 Å². The smallest absolute Gasteiger partial charge is 0.270 e. The number of aryl methyl sites for hydroxylation is 1. The average molecular weight is 515 g/mol. The third kappa shape index (κ3) is 4.82. The van der Waals surface area contributed by atoms with E-state index in [1.54, 1.807) is 19.2 Å². The van der Waals surface area contributed by atoms with E-state index in [2.05, 4.69) is 22.0 Å². The lowest BCUT2D eigenvalue weighted by Crippen LogP contribution is -2.45. The van der Waals surface area contributed by atoms with E-state index in [0.29, 0.717) is 28.7 Å². The molecule has 0 radical (unpaired) electrons. The molecule has 0 amide bonds. The van der Waals surface area contributed by atoms with Gasteiger partial charge in [-0.25, -0.2) is 9.37 Å². The van der Waals surface area contributed by atoms with Gasteiger partial charge in [0.2, 0.25) is 0 Å². The summed E-state index contributed by atoms with van der Waals surface area (Å²) in [5.41, 5.74) is 2.50. The quantitative estimate of drug-likeness (QED) is 0.488. The van der Waals surface area contributed by atoms with Gasteiger partial charge in [-0.1, -0.05) is 0 Å². The summed E-state index contributed by atoms with van der Waals surface area (Å²) in [5, 5.41) is 19.4. The highest BCUT2D eigenvalue weighted by Crippen LogP contribution is 2.35. The van der Waals surface area contributed by atoms with Crippen molar-refractivity contribution >= 4 is 22.4 Å². The lowest BCUT2D eigenvalue weighted by Gasteiger charge is -2.42. The van der Waals surface area contributed by atoms with Crippen molar-refractivity contribution in [2.24, 2.45) is 13.0 Å². The first-order chi connectivity index (χ1) is 18.4. The Morgan fingerprint density at radius 2 is 1.76 bits per heavy atom. The van der Waals surface area contributed by atoms with E-state index in [1.807, 2.05) is 24.1 Å². The van der Waals surface area contributed by atoms with Gasteiger partial charge in [0.1, 0.15) is 34.7 Å². The minimum absolute atomic E-state index is 0.0429. The van der Waals surface area contributed by atoms with Crippen LogP contribution in [0.2, 0.25) is 0 Å². The van der Waals surface area contributed by atoms with Crippen molar-refractivity contribution in [2.45, 2.75) is 44.2 Å². The third-order valence-corrected chi connectivity index (χ3v) is 8.09. The molecule has 0 N–H and O–H groups in total. The Balaban J connectivity index is 1.42. The summed E-state index contributed by atoms with van der Waals surface area (Å²) < 4.78 is 20.7. The van der Waals surface area contributed by atoms with Gasteiger partial charge in [0.15, 0.2) is 0 Å². The second kappa shape index (κ2) is 10.8. The highest BCUT2D eigenvalue weighted by molar-refractivity contribution is 5.92. The minimum atomic E-state index is -0.372. The van der Waals surface area contributed by atoms with Crippen molar-refractivity contribution in [3.63, 3.8) is 0 Å². The van der Waals surface area contributed by atoms with Gasteiger partial charge < -0.3 is 19.1 Å². The summed E-state index contributed by atoms with van der Waals surface area (Å²) in [6.45, 7) is 2.41. The number of nitriles is 2. The molecule has 5 rings (SSSR count). The number of ether oxygens (including phenoxy) is 1. The molecule has 196 valence electrons. The Morgan fingerprint density at radius 1 is 1.05 bits per heavy atom. The van der Waals surface area contributed by atoms with Crippen molar-refractivity contribution < 1.29 is 9.13 Å². The van der Waals surface area contributed by atoms with Crippen molar-refractivity contribution in [1.29, 1.82) is 10.5 Å². The van der Waals surface area contributed by atoms with Gasteiger partial charge in [-0.15, -0.1) is 0 Å². The summed E-state index contributed by atoms with van der Waals surface area (Å²) in [6, 6.07) is 14.6. The van der Waals surface area contributed by atoms with Gasteiger partial charge in [-0.05, 0) is 68.5 Å². The molecule has 1 aromatic carbocycles. The molecule has 0 bridgehead atoms. The predicted octanol–water partition coefficient (Wildman–Crippen LogP) is 4.11. The van der Waals surface area contributed by atoms with Crippen LogP contribution in [0.25, 0.3) is 11.0 Å². The maximum atomic E-state index is 13.7. The molecule has 0 unspecified atom stereocenters. The zero-order valence-electron chi connectivity index (χ0n) is 21.7. The SMILES string of the molecule is Cn1c(=O)c(C#N)c(N(C)[C@H]2CC[C@@H](N(C[C@@H]3CCOC3)c3ccc(F)cc3)CC2)c2nc(C#N)ccc21. The Hall–Kier alpha value is -3.95. The van der Waals surface area contributed by atoms with Crippen LogP contribution in [-0.4, -0.2) is 48.4 Å². The fraction of sp³-hybridized carbons (Fsp3) is 0.448. The molecular formula is C29H31FN6O2. The van der Waals surface area contributed by atoms with E-state index in [0.717, 1.165) is 57.6 Å². The van der Waals surface area contributed by atoms with Crippen molar-refractivity contribution in [3.05, 3.63) is 63.8 Å². The molecule has 1 saturated heterocycles. The van der Waals surface area contributed by atoms with E-state index in [-0.39, 0.29) is 28.7 Å². The highest BCUT2D eigenvalue weighted by atomic mass is 19.1. The van der Waals surface area contributed by atoms with Crippen LogP contribution in [-0.2, 0) is 11.8 Å². The molecular weight excluding hydrogens is 483 g/mol. The first-order valence-corrected chi connectivity index (χ1v) is 13.1. The average Bonchev–Trinajstić information content (AvgIpc) is 3.47. The zero-order valence-corrected chi connectivity index (χ0v) is 21.7. The molecule has 38 heavy (non-hydrogen) atoms. The number of hydrogen-bond acceptors (Lipinski definition) is 7. The van der Waals surface area contributed by atoms with Crippen molar-refractivity contribution in [1.82, 2.24) is 9.55 Å². The Bertz CT molecular complexity index is 1460. The van der Waals surface area contributed by atoms with Crippen LogP contribution < -0.4 is 15.4 Å². The number of halogens is 1. The molecule has 1 saturated carbocycles. The molecule has 3 heterocycles. The van der Waals surface area contributed by atoms with Crippen LogP contribution in [0, 0.1) is 34.4 Å². The number of hydrogen-bond donors (Lipinski definition) is 0. The van der Waals surface area contributed by atoms with Gasteiger partial charge in [-0.3, -0.25) is 4.79 Å². The predicted molar refractivity (Wildman–Crippen MR) is 144 cm³/mol. The number of pyridine rings is 2. The molecule has 1 aliphatic heterocycles. The minimum Gasteiger partial charge on any atom is -0.381 e. The summed E-state index contributed by atoms with van der Waals surface area (Å²) in [7, 11) is 3.53. The van der Waals surface area contributed by atoms with Gasteiger partial charge in [0.05, 0.1) is 17.8 Å². The van der Waals surface area contributed by atoms with Gasteiger partial charge in [-0.2, -0.15) is 10.5 Å². The van der Waals surface area contributed by atoms with Crippen LogP contribution in [0.3, 0.4) is 0 Å². The molecule has 2 aliphatic rings. The summed E-state index contributed by atoms with van der Waals surface area (Å²) in [4.78, 5) is 22.0. The summed E-state index contributed by atoms with van der Waals surface area (Å²) >= 11 is 0. The first kappa shape index (κ1) is 25.7. The van der Waals surface area contributed by atoms with E-state index < -0.39 is 0 Å². The topological polar surface area (TPSA) is 98.2 Å².